The molecular weight excluding hydrogens is 342 g/mol. The number of rotatable bonds is 6. The largest absolute Gasteiger partial charge is 0.346 e. The van der Waals surface area contributed by atoms with Crippen molar-refractivity contribution in [3.63, 3.8) is 0 Å². The van der Waals surface area contributed by atoms with Crippen LogP contribution in [0.15, 0.2) is 29.2 Å². The Kier molecular flexibility index (Phi) is 8.22. The van der Waals surface area contributed by atoms with Crippen molar-refractivity contribution in [3.8, 4) is 0 Å². The number of nitrogens with two attached hydrogens (primary N) is 1. The zero-order valence-corrected chi connectivity index (χ0v) is 14.8. The van der Waals surface area contributed by atoms with Crippen molar-refractivity contribution in [3.05, 3.63) is 24.3 Å². The maximum atomic E-state index is 11.8. The van der Waals surface area contributed by atoms with E-state index in [0.717, 1.165) is 6.26 Å². The molecule has 7 nitrogen and oxygen atoms in total. The van der Waals surface area contributed by atoms with Crippen LogP contribution in [0.1, 0.15) is 13.8 Å². The van der Waals surface area contributed by atoms with Gasteiger partial charge in [0.1, 0.15) is 0 Å². The molecule has 1 aromatic carbocycles. The molecule has 0 saturated carbocycles. The van der Waals surface area contributed by atoms with Crippen molar-refractivity contribution in [1.82, 2.24) is 5.32 Å². The Morgan fingerprint density at radius 2 is 1.87 bits per heavy atom. The number of carbonyl (C=O) groups is 2. The van der Waals surface area contributed by atoms with E-state index in [9.17, 15) is 18.0 Å². The third-order valence-corrected chi connectivity index (χ3v) is 4.10. The van der Waals surface area contributed by atoms with Gasteiger partial charge in [0.2, 0.25) is 11.8 Å². The van der Waals surface area contributed by atoms with Gasteiger partial charge in [0.05, 0.1) is 17.5 Å². The highest BCUT2D eigenvalue weighted by Gasteiger charge is 2.17. The first-order valence-electron chi connectivity index (χ1n) is 6.74. The Hall–Kier alpha value is -1.64. The van der Waals surface area contributed by atoms with E-state index in [2.05, 4.69) is 10.6 Å². The number of hydrogen-bond donors (Lipinski definition) is 3. The zero-order chi connectivity index (χ0) is 16.9. The number of nitrogens with one attached hydrogen (secondary N) is 2. The summed E-state index contributed by atoms with van der Waals surface area (Å²) in [5, 5.41) is 4.95. The highest BCUT2D eigenvalue weighted by atomic mass is 35.5. The fraction of sp³-hybridized carbons (Fsp3) is 0.429. The summed E-state index contributed by atoms with van der Waals surface area (Å²) in [5.74, 6) is -0.903. The molecular formula is C14H22ClN3O4S. The van der Waals surface area contributed by atoms with Crippen LogP contribution in [0.5, 0.6) is 0 Å². The van der Waals surface area contributed by atoms with Gasteiger partial charge in [-0.2, -0.15) is 0 Å². The van der Waals surface area contributed by atoms with Crippen LogP contribution in [0.4, 0.5) is 5.69 Å². The van der Waals surface area contributed by atoms with Crippen molar-refractivity contribution in [2.24, 2.45) is 11.7 Å². The van der Waals surface area contributed by atoms with E-state index in [4.69, 9.17) is 5.73 Å². The van der Waals surface area contributed by atoms with Crippen LogP contribution in [0.3, 0.4) is 0 Å². The minimum Gasteiger partial charge on any atom is -0.346 e. The molecule has 0 heterocycles. The Morgan fingerprint density at radius 1 is 1.26 bits per heavy atom. The molecule has 2 amide bonds. The summed E-state index contributed by atoms with van der Waals surface area (Å²) >= 11 is 0. The fourth-order valence-corrected chi connectivity index (χ4v) is 2.26. The third kappa shape index (κ3) is 6.98. The number of sulfone groups is 1. The molecule has 0 fully saturated rings. The average Bonchev–Trinajstić information content (AvgIpc) is 2.43. The lowest BCUT2D eigenvalue weighted by Crippen LogP contribution is -2.46. The molecule has 0 bridgehead atoms. The van der Waals surface area contributed by atoms with Crippen LogP contribution in [0, 0.1) is 5.92 Å². The van der Waals surface area contributed by atoms with Gasteiger partial charge in [0.25, 0.3) is 0 Å². The van der Waals surface area contributed by atoms with Crippen molar-refractivity contribution in [2.75, 3.05) is 18.1 Å². The van der Waals surface area contributed by atoms with Crippen molar-refractivity contribution >= 4 is 39.7 Å². The number of benzene rings is 1. The minimum absolute atomic E-state index is 0. The quantitative estimate of drug-likeness (QED) is 0.682. The topological polar surface area (TPSA) is 118 Å². The van der Waals surface area contributed by atoms with Gasteiger partial charge in [-0.1, -0.05) is 19.9 Å². The maximum absolute atomic E-state index is 11.8. The van der Waals surface area contributed by atoms with Crippen LogP contribution >= 0.6 is 12.4 Å². The van der Waals surface area contributed by atoms with Crippen LogP contribution < -0.4 is 16.4 Å². The lowest BCUT2D eigenvalue weighted by molar-refractivity contribution is -0.125. The van der Waals surface area contributed by atoms with Gasteiger partial charge in [0, 0.05) is 11.9 Å². The van der Waals surface area contributed by atoms with Crippen LogP contribution in [0.2, 0.25) is 0 Å². The molecule has 9 heteroatoms. The van der Waals surface area contributed by atoms with Crippen molar-refractivity contribution < 1.29 is 18.0 Å². The van der Waals surface area contributed by atoms with E-state index in [1.165, 1.54) is 18.2 Å². The Bertz CT molecular complexity index is 662. The molecule has 1 atom stereocenters. The molecule has 0 aliphatic heterocycles. The van der Waals surface area contributed by atoms with E-state index in [0.29, 0.717) is 5.69 Å². The van der Waals surface area contributed by atoms with Crippen LogP contribution in [-0.2, 0) is 19.4 Å². The van der Waals surface area contributed by atoms with Crippen LogP contribution in [0.25, 0.3) is 0 Å². The summed E-state index contributed by atoms with van der Waals surface area (Å²) < 4.78 is 22.9. The molecule has 23 heavy (non-hydrogen) atoms. The molecule has 4 N–H and O–H groups in total. The lowest BCUT2D eigenvalue weighted by atomic mass is 10.1. The first-order valence-corrected chi connectivity index (χ1v) is 8.63. The maximum Gasteiger partial charge on any atom is 0.243 e. The number of amides is 2. The summed E-state index contributed by atoms with van der Waals surface area (Å²) in [7, 11) is -3.35. The van der Waals surface area contributed by atoms with Gasteiger partial charge in [-0.3, -0.25) is 9.59 Å². The number of anilines is 1. The molecule has 130 valence electrons. The van der Waals surface area contributed by atoms with Gasteiger partial charge in [0.15, 0.2) is 9.84 Å². The van der Waals surface area contributed by atoms with Gasteiger partial charge < -0.3 is 16.4 Å². The van der Waals surface area contributed by atoms with Gasteiger partial charge >= 0.3 is 0 Å². The summed E-state index contributed by atoms with van der Waals surface area (Å²) in [6.45, 7) is 3.38. The number of hydrogen-bond acceptors (Lipinski definition) is 5. The summed E-state index contributed by atoms with van der Waals surface area (Å²) in [4.78, 5) is 23.5. The second-order valence-corrected chi connectivity index (χ2v) is 7.35. The Morgan fingerprint density at radius 3 is 2.39 bits per heavy atom. The number of halogens is 1. The summed E-state index contributed by atoms with van der Waals surface area (Å²) in [6, 6.07) is 5.21. The monoisotopic (exact) mass is 363 g/mol. The summed E-state index contributed by atoms with van der Waals surface area (Å²) in [5.41, 5.74) is 6.00. The zero-order valence-electron chi connectivity index (χ0n) is 13.2. The highest BCUT2D eigenvalue weighted by Crippen LogP contribution is 2.15. The standard InChI is InChI=1S/C14H21N3O4S.ClH/c1-9(2)13(15)14(19)16-8-12(18)17-10-5-4-6-11(7-10)22(3,20)21;/h4-7,9,13H,8,15H2,1-3H3,(H,16,19)(H,17,18);1H/t13-;/m0./s1. The van der Waals surface area contributed by atoms with Gasteiger partial charge in [-0.15, -0.1) is 12.4 Å². The van der Waals surface area contributed by atoms with E-state index in [1.54, 1.807) is 19.9 Å². The second kappa shape index (κ2) is 8.85. The smallest absolute Gasteiger partial charge is 0.243 e. The molecule has 0 radical (unpaired) electrons. The van der Waals surface area contributed by atoms with E-state index >= 15 is 0 Å². The average molecular weight is 364 g/mol. The molecule has 0 unspecified atom stereocenters. The molecule has 0 saturated heterocycles. The SMILES string of the molecule is CC(C)[C@H](N)C(=O)NCC(=O)Nc1cccc(S(C)(=O)=O)c1.Cl. The molecule has 0 aromatic heterocycles. The molecule has 1 rings (SSSR count). The van der Waals surface area contributed by atoms with E-state index in [-0.39, 0.29) is 29.8 Å². The number of carbonyl (C=O) groups excluding carboxylic acids is 2. The second-order valence-electron chi connectivity index (χ2n) is 5.34. The Balaban J connectivity index is 0.00000484. The lowest BCUT2D eigenvalue weighted by Gasteiger charge is -2.15. The predicted molar refractivity (Wildman–Crippen MR) is 91.3 cm³/mol. The third-order valence-electron chi connectivity index (χ3n) is 2.99. The Labute approximate surface area is 142 Å². The predicted octanol–water partition coefficient (Wildman–Crippen LogP) is 0.550. The van der Waals surface area contributed by atoms with Crippen molar-refractivity contribution in [2.45, 2.75) is 24.8 Å². The first kappa shape index (κ1) is 21.4. The molecule has 0 aliphatic carbocycles. The van der Waals surface area contributed by atoms with Crippen LogP contribution in [-0.4, -0.2) is 39.1 Å². The minimum atomic E-state index is -3.35. The molecule has 0 spiro atoms. The fourth-order valence-electron chi connectivity index (χ4n) is 1.60. The normalized spacial score (nSPS) is 12.2. The van der Waals surface area contributed by atoms with Gasteiger partial charge in [-0.25, -0.2) is 8.42 Å². The first-order chi connectivity index (χ1) is 10.1. The summed E-state index contributed by atoms with van der Waals surface area (Å²) in [6.07, 6.45) is 1.08. The van der Waals surface area contributed by atoms with Gasteiger partial charge in [-0.05, 0) is 24.1 Å². The highest BCUT2D eigenvalue weighted by molar-refractivity contribution is 7.90. The van der Waals surface area contributed by atoms with Crippen molar-refractivity contribution in [1.29, 1.82) is 0 Å². The van der Waals surface area contributed by atoms with E-state index in [1.807, 2.05) is 0 Å². The molecule has 0 aliphatic rings. The molecule has 1 aromatic rings. The van der Waals surface area contributed by atoms with E-state index < -0.39 is 27.7 Å².